The minimum Gasteiger partial charge on any atom is -0.466 e. The Hall–Kier alpha value is -1.84. The molecular weight excluding hydrogens is 218 g/mol. The van der Waals surface area contributed by atoms with E-state index in [2.05, 4.69) is 0 Å². The maximum atomic E-state index is 11.1. The highest BCUT2D eigenvalue weighted by Crippen LogP contribution is 2.08. The highest BCUT2D eigenvalue weighted by molar-refractivity contribution is 5.92. The van der Waals surface area contributed by atoms with Gasteiger partial charge in [0.25, 0.3) is 0 Å². The van der Waals surface area contributed by atoms with Crippen molar-refractivity contribution >= 4 is 11.9 Å². The molecule has 0 atom stereocenters. The minimum absolute atomic E-state index is 0.166. The van der Waals surface area contributed by atoms with Crippen LogP contribution in [0.2, 0.25) is 0 Å². The Morgan fingerprint density at radius 2 is 1.88 bits per heavy atom. The Bertz CT molecular complexity index is 384. The molecule has 2 N–H and O–H groups in total. The summed E-state index contributed by atoms with van der Waals surface area (Å²) in [5.41, 5.74) is 6.72. The summed E-state index contributed by atoms with van der Waals surface area (Å²) in [5.74, 6) is -0.593. The van der Waals surface area contributed by atoms with Gasteiger partial charge in [0, 0.05) is 12.0 Å². The van der Waals surface area contributed by atoms with Crippen molar-refractivity contribution in [3.8, 4) is 0 Å². The smallest absolute Gasteiger partial charge is 0.305 e. The topological polar surface area (TPSA) is 69.4 Å². The van der Waals surface area contributed by atoms with Crippen LogP contribution in [-0.4, -0.2) is 18.5 Å². The van der Waals surface area contributed by atoms with E-state index in [4.69, 9.17) is 10.5 Å². The molecule has 4 nitrogen and oxygen atoms in total. The molecule has 1 rings (SSSR count). The third-order valence-electron chi connectivity index (χ3n) is 2.39. The molecular formula is C13H17NO3. The fourth-order valence-electron chi connectivity index (χ4n) is 1.51. The van der Waals surface area contributed by atoms with Gasteiger partial charge in [-0.05, 0) is 37.5 Å². The molecule has 1 amide bonds. The normalized spacial score (nSPS) is 9.94. The molecule has 0 heterocycles. The summed E-state index contributed by atoms with van der Waals surface area (Å²) in [6.07, 6.45) is 1.96. The van der Waals surface area contributed by atoms with Crippen LogP contribution in [0.3, 0.4) is 0 Å². The third-order valence-corrected chi connectivity index (χ3v) is 2.39. The summed E-state index contributed by atoms with van der Waals surface area (Å²) in [5, 5.41) is 0. The number of aryl methyl sites for hydroxylation is 1. The van der Waals surface area contributed by atoms with Gasteiger partial charge in [0.1, 0.15) is 0 Å². The van der Waals surface area contributed by atoms with Crippen molar-refractivity contribution in [2.24, 2.45) is 5.73 Å². The average Bonchev–Trinajstić information content (AvgIpc) is 2.30. The van der Waals surface area contributed by atoms with E-state index in [1.807, 2.05) is 12.1 Å². The third kappa shape index (κ3) is 4.68. The van der Waals surface area contributed by atoms with E-state index in [0.717, 1.165) is 18.4 Å². The van der Waals surface area contributed by atoms with E-state index in [9.17, 15) is 9.59 Å². The van der Waals surface area contributed by atoms with E-state index in [-0.39, 0.29) is 5.97 Å². The largest absolute Gasteiger partial charge is 0.466 e. The first-order valence-corrected chi connectivity index (χ1v) is 5.68. The number of nitrogens with two attached hydrogens (primary N) is 1. The molecule has 4 heteroatoms. The van der Waals surface area contributed by atoms with Crippen molar-refractivity contribution in [2.45, 2.75) is 26.2 Å². The molecule has 0 spiro atoms. The molecule has 17 heavy (non-hydrogen) atoms. The summed E-state index contributed by atoms with van der Waals surface area (Å²) in [7, 11) is 0. The fraction of sp³-hybridized carbons (Fsp3) is 0.385. The van der Waals surface area contributed by atoms with Crippen LogP contribution in [0.5, 0.6) is 0 Å². The first-order chi connectivity index (χ1) is 8.13. The maximum Gasteiger partial charge on any atom is 0.305 e. The number of carbonyl (C=O) groups is 2. The van der Waals surface area contributed by atoms with E-state index in [0.29, 0.717) is 18.6 Å². The van der Waals surface area contributed by atoms with Crippen LogP contribution < -0.4 is 5.73 Å². The standard InChI is InChI=1S/C13H17NO3/c1-2-17-12(15)5-3-4-10-6-8-11(9-7-10)13(14)16/h6-9H,2-5H2,1H3,(H2,14,16). The molecule has 0 radical (unpaired) electrons. The lowest BCUT2D eigenvalue weighted by Crippen LogP contribution is -2.10. The van der Waals surface area contributed by atoms with Crippen LogP contribution in [-0.2, 0) is 16.0 Å². The number of amides is 1. The van der Waals surface area contributed by atoms with Gasteiger partial charge in [-0.25, -0.2) is 0 Å². The molecule has 0 saturated heterocycles. The maximum absolute atomic E-state index is 11.1. The average molecular weight is 235 g/mol. The van der Waals surface area contributed by atoms with Gasteiger partial charge in [-0.3, -0.25) is 9.59 Å². The monoisotopic (exact) mass is 235 g/mol. The van der Waals surface area contributed by atoms with Crippen LogP contribution in [0.15, 0.2) is 24.3 Å². The Morgan fingerprint density at radius 3 is 2.41 bits per heavy atom. The first kappa shape index (κ1) is 13.2. The number of primary amides is 1. The quantitative estimate of drug-likeness (QED) is 0.762. The molecule has 0 aliphatic carbocycles. The number of rotatable bonds is 6. The first-order valence-electron chi connectivity index (χ1n) is 5.68. The number of esters is 1. The second-order valence-corrected chi connectivity index (χ2v) is 3.72. The van der Waals surface area contributed by atoms with Crippen LogP contribution >= 0.6 is 0 Å². The van der Waals surface area contributed by atoms with Crippen molar-refractivity contribution in [3.05, 3.63) is 35.4 Å². The molecule has 1 aromatic rings. The molecule has 0 saturated carbocycles. The van der Waals surface area contributed by atoms with Crippen LogP contribution in [0.25, 0.3) is 0 Å². The second kappa shape index (κ2) is 6.68. The Morgan fingerprint density at radius 1 is 1.24 bits per heavy atom. The van der Waals surface area contributed by atoms with Crippen molar-refractivity contribution < 1.29 is 14.3 Å². The molecule has 0 fully saturated rings. The van der Waals surface area contributed by atoms with Crippen molar-refractivity contribution in [3.63, 3.8) is 0 Å². The lowest BCUT2D eigenvalue weighted by molar-refractivity contribution is -0.143. The predicted molar refractivity (Wildman–Crippen MR) is 64.5 cm³/mol. The zero-order valence-electron chi connectivity index (χ0n) is 9.94. The summed E-state index contributed by atoms with van der Waals surface area (Å²) < 4.78 is 4.83. The highest BCUT2D eigenvalue weighted by atomic mass is 16.5. The summed E-state index contributed by atoms with van der Waals surface area (Å²) in [4.78, 5) is 21.9. The molecule has 0 aromatic heterocycles. The summed E-state index contributed by atoms with van der Waals surface area (Å²) in [6, 6.07) is 7.10. The van der Waals surface area contributed by atoms with Crippen LogP contribution in [0, 0.1) is 0 Å². The summed E-state index contributed by atoms with van der Waals surface area (Å²) >= 11 is 0. The Balaban J connectivity index is 2.37. The van der Waals surface area contributed by atoms with Gasteiger partial charge in [-0.1, -0.05) is 12.1 Å². The highest BCUT2D eigenvalue weighted by Gasteiger charge is 2.03. The van der Waals surface area contributed by atoms with Crippen molar-refractivity contribution in [1.82, 2.24) is 0 Å². The minimum atomic E-state index is -0.428. The van der Waals surface area contributed by atoms with Crippen LogP contribution in [0.1, 0.15) is 35.7 Å². The lowest BCUT2D eigenvalue weighted by Gasteiger charge is -2.03. The van der Waals surface area contributed by atoms with Gasteiger partial charge < -0.3 is 10.5 Å². The molecule has 0 bridgehead atoms. The second-order valence-electron chi connectivity index (χ2n) is 3.72. The summed E-state index contributed by atoms with van der Waals surface area (Å²) in [6.45, 7) is 2.21. The lowest BCUT2D eigenvalue weighted by atomic mass is 10.1. The van der Waals surface area contributed by atoms with Gasteiger partial charge in [0.05, 0.1) is 6.61 Å². The predicted octanol–water partition coefficient (Wildman–Crippen LogP) is 1.67. The number of ether oxygens (including phenoxy) is 1. The van der Waals surface area contributed by atoms with Crippen LogP contribution in [0.4, 0.5) is 0 Å². The SMILES string of the molecule is CCOC(=O)CCCc1ccc(C(N)=O)cc1. The number of hydrogen-bond donors (Lipinski definition) is 1. The Labute approximate surface area is 101 Å². The van der Waals surface area contributed by atoms with E-state index < -0.39 is 5.91 Å². The van der Waals surface area contributed by atoms with Gasteiger partial charge in [0.15, 0.2) is 0 Å². The molecule has 0 unspecified atom stereocenters. The fourth-order valence-corrected chi connectivity index (χ4v) is 1.51. The zero-order valence-corrected chi connectivity index (χ0v) is 9.94. The number of carbonyl (C=O) groups excluding carboxylic acids is 2. The van der Waals surface area contributed by atoms with Gasteiger partial charge >= 0.3 is 5.97 Å². The number of benzene rings is 1. The van der Waals surface area contributed by atoms with Crippen molar-refractivity contribution in [1.29, 1.82) is 0 Å². The number of hydrogen-bond acceptors (Lipinski definition) is 3. The van der Waals surface area contributed by atoms with Crippen molar-refractivity contribution in [2.75, 3.05) is 6.61 Å². The molecule has 0 aliphatic heterocycles. The molecule has 0 aliphatic rings. The zero-order chi connectivity index (χ0) is 12.7. The Kier molecular flexibility index (Phi) is 5.20. The van der Waals surface area contributed by atoms with E-state index in [1.165, 1.54) is 0 Å². The van der Waals surface area contributed by atoms with Gasteiger partial charge in [0.2, 0.25) is 5.91 Å². The van der Waals surface area contributed by atoms with Gasteiger partial charge in [-0.15, -0.1) is 0 Å². The van der Waals surface area contributed by atoms with E-state index in [1.54, 1.807) is 19.1 Å². The molecule has 92 valence electrons. The molecule has 1 aromatic carbocycles. The van der Waals surface area contributed by atoms with Gasteiger partial charge in [-0.2, -0.15) is 0 Å². The van der Waals surface area contributed by atoms with E-state index >= 15 is 0 Å².